The van der Waals surface area contributed by atoms with Gasteiger partial charge in [0.25, 0.3) is 0 Å². The first-order chi connectivity index (χ1) is 20.3. The summed E-state index contributed by atoms with van der Waals surface area (Å²) in [7, 11) is 0. The Bertz CT molecular complexity index is 1260. The van der Waals surface area contributed by atoms with Crippen LogP contribution in [-0.4, -0.2) is 42.9 Å². The average Bonchev–Trinajstić information content (AvgIpc) is 3.04. The first kappa shape index (κ1) is 29.1. The van der Waals surface area contributed by atoms with Gasteiger partial charge in [-0.1, -0.05) is 121 Å². The van der Waals surface area contributed by atoms with Crippen molar-refractivity contribution < 1.29 is 28.8 Å². The molecule has 4 aromatic rings. The van der Waals surface area contributed by atoms with E-state index in [1.807, 2.05) is 121 Å². The topological polar surface area (TPSA) is 66.4 Å². The third kappa shape index (κ3) is 8.57. The molecule has 6 nitrogen and oxygen atoms in total. The second-order valence-corrected chi connectivity index (χ2v) is 10.2. The highest BCUT2D eigenvalue weighted by Crippen LogP contribution is 2.33. The van der Waals surface area contributed by atoms with Crippen molar-refractivity contribution in [1.29, 1.82) is 0 Å². The number of aliphatic hydroxyl groups is 1. The summed E-state index contributed by atoms with van der Waals surface area (Å²) in [5.74, 6) is -0.383. The molecule has 6 heteroatoms. The van der Waals surface area contributed by atoms with E-state index < -0.39 is 24.6 Å². The van der Waals surface area contributed by atoms with E-state index in [9.17, 15) is 5.11 Å². The largest absolute Gasteiger partial charge is 0.396 e. The predicted octanol–water partition coefficient (Wildman–Crippen LogP) is 5.92. The summed E-state index contributed by atoms with van der Waals surface area (Å²) < 4.78 is 32.0. The Morgan fingerprint density at radius 1 is 0.512 bits per heavy atom. The van der Waals surface area contributed by atoms with Crippen LogP contribution in [-0.2, 0) is 50.1 Å². The zero-order valence-electron chi connectivity index (χ0n) is 23.2. The molecular formula is C35H38O6. The van der Waals surface area contributed by atoms with Gasteiger partial charge in [-0.3, -0.25) is 0 Å². The van der Waals surface area contributed by atoms with Gasteiger partial charge in [0.2, 0.25) is 0 Å². The standard InChI is InChI=1S/C35H38O6/c36-21-31-32(26-37-22-27-13-5-1-6-14-27)41-35(40-25-30-19-11-4-12-20-30)34(39-24-29-17-9-3-10-18-29)33(31)38-23-28-15-7-2-8-16-28/h1-20,31-36H,21-26H2/t31-,32+,33-,34+,35-/m0/s1. The van der Waals surface area contributed by atoms with Crippen molar-refractivity contribution in [2.45, 2.75) is 51.0 Å². The number of hydrogen-bond donors (Lipinski definition) is 1. The van der Waals surface area contributed by atoms with E-state index in [-0.39, 0.29) is 19.1 Å². The fourth-order valence-corrected chi connectivity index (χ4v) is 5.02. The maximum Gasteiger partial charge on any atom is 0.187 e. The minimum Gasteiger partial charge on any atom is -0.396 e. The van der Waals surface area contributed by atoms with Crippen molar-refractivity contribution >= 4 is 0 Å². The van der Waals surface area contributed by atoms with Crippen LogP contribution >= 0.6 is 0 Å². The lowest BCUT2D eigenvalue weighted by molar-refractivity contribution is -0.317. The molecule has 0 radical (unpaired) electrons. The van der Waals surface area contributed by atoms with E-state index in [0.29, 0.717) is 26.4 Å². The SMILES string of the molecule is OC[C@@H]1[C@H](OCc2ccccc2)[C@@H](OCc2ccccc2)[C@@H](OCc2ccccc2)O[C@@H]1COCc1ccccc1. The Balaban J connectivity index is 1.37. The summed E-state index contributed by atoms with van der Waals surface area (Å²) in [5, 5.41) is 10.6. The van der Waals surface area contributed by atoms with Gasteiger partial charge in [-0.2, -0.15) is 0 Å². The number of ether oxygens (including phenoxy) is 5. The van der Waals surface area contributed by atoms with E-state index in [1.165, 1.54) is 0 Å². The van der Waals surface area contributed by atoms with Gasteiger partial charge in [0.15, 0.2) is 6.29 Å². The summed E-state index contributed by atoms with van der Waals surface area (Å²) in [6, 6.07) is 40.0. The number of aliphatic hydroxyl groups excluding tert-OH is 1. The highest BCUT2D eigenvalue weighted by molar-refractivity contribution is 5.16. The molecule has 0 spiro atoms. The molecule has 1 saturated heterocycles. The zero-order chi connectivity index (χ0) is 28.1. The third-order valence-corrected chi connectivity index (χ3v) is 7.23. The fourth-order valence-electron chi connectivity index (χ4n) is 5.02. The van der Waals surface area contributed by atoms with Crippen LogP contribution < -0.4 is 0 Å². The summed E-state index contributed by atoms with van der Waals surface area (Å²) >= 11 is 0. The van der Waals surface area contributed by atoms with Crippen LogP contribution in [0.5, 0.6) is 0 Å². The number of hydrogen-bond acceptors (Lipinski definition) is 6. The van der Waals surface area contributed by atoms with Crippen LogP contribution in [0.1, 0.15) is 22.3 Å². The van der Waals surface area contributed by atoms with Gasteiger partial charge in [-0.25, -0.2) is 0 Å². The first-order valence-corrected chi connectivity index (χ1v) is 14.1. The van der Waals surface area contributed by atoms with Crippen molar-refractivity contribution in [2.75, 3.05) is 13.2 Å². The first-order valence-electron chi connectivity index (χ1n) is 14.1. The molecular weight excluding hydrogens is 516 g/mol. The van der Waals surface area contributed by atoms with Crippen LogP contribution in [0.4, 0.5) is 0 Å². The summed E-state index contributed by atoms with van der Waals surface area (Å²) in [5.41, 5.74) is 4.17. The Kier molecular flexibility index (Phi) is 11.1. The van der Waals surface area contributed by atoms with Crippen LogP contribution in [0, 0.1) is 5.92 Å². The normalized spacial score (nSPS) is 22.4. The molecule has 5 atom stereocenters. The molecule has 0 unspecified atom stereocenters. The van der Waals surface area contributed by atoms with Crippen molar-refractivity contribution in [3.05, 3.63) is 144 Å². The van der Waals surface area contributed by atoms with E-state index in [2.05, 4.69) is 0 Å². The van der Waals surface area contributed by atoms with E-state index >= 15 is 0 Å². The minimum absolute atomic E-state index is 0.143. The van der Waals surface area contributed by atoms with Gasteiger partial charge in [-0.15, -0.1) is 0 Å². The molecule has 1 heterocycles. The fraction of sp³-hybridized carbons (Fsp3) is 0.314. The van der Waals surface area contributed by atoms with Gasteiger partial charge in [0.05, 0.1) is 51.8 Å². The van der Waals surface area contributed by atoms with Crippen LogP contribution in [0.2, 0.25) is 0 Å². The quantitative estimate of drug-likeness (QED) is 0.209. The average molecular weight is 555 g/mol. The van der Waals surface area contributed by atoms with Gasteiger partial charge < -0.3 is 28.8 Å². The monoisotopic (exact) mass is 554 g/mol. The van der Waals surface area contributed by atoms with Gasteiger partial charge in [0, 0.05) is 5.92 Å². The number of rotatable bonds is 14. The van der Waals surface area contributed by atoms with Crippen molar-refractivity contribution in [1.82, 2.24) is 0 Å². The molecule has 1 aliphatic heterocycles. The Morgan fingerprint density at radius 3 is 1.39 bits per heavy atom. The molecule has 1 aliphatic rings. The lowest BCUT2D eigenvalue weighted by atomic mass is 9.89. The lowest BCUT2D eigenvalue weighted by Crippen LogP contribution is -2.59. The van der Waals surface area contributed by atoms with Crippen molar-refractivity contribution in [2.24, 2.45) is 5.92 Å². The second kappa shape index (κ2) is 15.6. The molecule has 0 aromatic heterocycles. The minimum atomic E-state index is -0.729. The molecule has 0 amide bonds. The zero-order valence-corrected chi connectivity index (χ0v) is 23.2. The third-order valence-electron chi connectivity index (χ3n) is 7.23. The Morgan fingerprint density at radius 2 is 0.927 bits per heavy atom. The molecule has 1 N–H and O–H groups in total. The van der Waals surface area contributed by atoms with Gasteiger partial charge in [-0.05, 0) is 22.3 Å². The highest BCUT2D eigenvalue weighted by atomic mass is 16.7. The molecule has 214 valence electrons. The molecule has 4 aromatic carbocycles. The Hall–Kier alpha value is -3.36. The number of benzene rings is 4. The maximum absolute atomic E-state index is 10.6. The predicted molar refractivity (Wildman–Crippen MR) is 157 cm³/mol. The van der Waals surface area contributed by atoms with E-state index in [1.54, 1.807) is 0 Å². The molecule has 0 saturated carbocycles. The van der Waals surface area contributed by atoms with Crippen molar-refractivity contribution in [3.8, 4) is 0 Å². The van der Waals surface area contributed by atoms with Crippen LogP contribution in [0.3, 0.4) is 0 Å². The van der Waals surface area contributed by atoms with Crippen LogP contribution in [0.25, 0.3) is 0 Å². The smallest absolute Gasteiger partial charge is 0.187 e. The molecule has 0 bridgehead atoms. The summed E-state index contributed by atoms with van der Waals surface area (Å²) in [4.78, 5) is 0. The summed E-state index contributed by atoms with van der Waals surface area (Å²) in [6.07, 6.45) is -2.26. The lowest BCUT2D eigenvalue weighted by Gasteiger charge is -2.45. The van der Waals surface area contributed by atoms with E-state index in [0.717, 1.165) is 22.3 Å². The highest BCUT2D eigenvalue weighted by Gasteiger charge is 2.48. The molecule has 1 fully saturated rings. The second-order valence-electron chi connectivity index (χ2n) is 10.2. The molecule has 0 aliphatic carbocycles. The van der Waals surface area contributed by atoms with Crippen LogP contribution in [0.15, 0.2) is 121 Å². The molecule has 5 rings (SSSR count). The summed E-state index contributed by atoms with van der Waals surface area (Å²) in [6.45, 7) is 1.66. The van der Waals surface area contributed by atoms with Gasteiger partial charge in [0.1, 0.15) is 6.10 Å². The van der Waals surface area contributed by atoms with Crippen molar-refractivity contribution in [3.63, 3.8) is 0 Å². The van der Waals surface area contributed by atoms with E-state index in [4.69, 9.17) is 23.7 Å². The molecule has 41 heavy (non-hydrogen) atoms. The van der Waals surface area contributed by atoms with Gasteiger partial charge >= 0.3 is 0 Å². The Labute approximate surface area is 242 Å². The maximum atomic E-state index is 10.6.